The Morgan fingerprint density at radius 1 is 1.33 bits per heavy atom. The van der Waals surface area contributed by atoms with Gasteiger partial charge in [-0.15, -0.1) is 0 Å². The summed E-state index contributed by atoms with van der Waals surface area (Å²) in [7, 11) is 0. The van der Waals surface area contributed by atoms with Crippen LogP contribution in [0.4, 0.5) is 17.6 Å². The van der Waals surface area contributed by atoms with E-state index >= 15 is 0 Å². The topological polar surface area (TPSA) is 29.3 Å². The van der Waals surface area contributed by atoms with Crippen LogP contribution in [0.2, 0.25) is 0 Å². The maximum Gasteiger partial charge on any atom is 0.401 e. The summed E-state index contributed by atoms with van der Waals surface area (Å²) < 4.78 is 51.0. The summed E-state index contributed by atoms with van der Waals surface area (Å²) in [6.45, 7) is 1.04. The van der Waals surface area contributed by atoms with Crippen LogP contribution in [0.25, 0.3) is 0 Å². The molecule has 0 aromatic heterocycles. The molecule has 2 rings (SSSR count). The highest BCUT2D eigenvalue weighted by molar-refractivity contribution is 5.25. The van der Waals surface area contributed by atoms with E-state index in [-0.39, 0.29) is 18.4 Å². The lowest BCUT2D eigenvalue weighted by molar-refractivity contribution is -0.147. The first-order valence-corrected chi connectivity index (χ1v) is 7.08. The molecule has 1 fully saturated rings. The fourth-order valence-electron chi connectivity index (χ4n) is 2.37. The molecule has 0 saturated heterocycles. The van der Waals surface area contributed by atoms with Gasteiger partial charge < -0.3 is 5.73 Å². The second kappa shape index (κ2) is 6.32. The Hall–Kier alpha value is -1.14. The van der Waals surface area contributed by atoms with E-state index in [0.29, 0.717) is 17.5 Å². The molecule has 0 aliphatic heterocycles. The Labute approximate surface area is 121 Å². The predicted molar refractivity (Wildman–Crippen MR) is 73.3 cm³/mol. The van der Waals surface area contributed by atoms with Crippen LogP contribution in [0.1, 0.15) is 36.4 Å². The molecule has 0 heterocycles. The Balaban J connectivity index is 1.92. The van der Waals surface area contributed by atoms with Gasteiger partial charge in [0, 0.05) is 18.6 Å². The number of benzene rings is 1. The molecule has 0 amide bonds. The molecular weight excluding hydrogens is 284 g/mol. The summed E-state index contributed by atoms with van der Waals surface area (Å²) in [5.74, 6) is -0.336. The van der Waals surface area contributed by atoms with E-state index in [1.807, 2.05) is 0 Å². The predicted octanol–water partition coefficient (Wildman–Crippen LogP) is 3.55. The van der Waals surface area contributed by atoms with Crippen LogP contribution in [0.15, 0.2) is 18.2 Å². The molecule has 1 saturated carbocycles. The molecular formula is C15H20F4N2. The molecule has 1 aliphatic rings. The van der Waals surface area contributed by atoms with Gasteiger partial charge in [0.15, 0.2) is 0 Å². The second-order valence-corrected chi connectivity index (χ2v) is 5.72. The fraction of sp³-hybridized carbons (Fsp3) is 0.600. The van der Waals surface area contributed by atoms with Crippen molar-refractivity contribution in [2.75, 3.05) is 13.1 Å². The highest BCUT2D eigenvalue weighted by atomic mass is 19.4. The first-order valence-electron chi connectivity index (χ1n) is 7.08. The largest absolute Gasteiger partial charge is 0.401 e. The van der Waals surface area contributed by atoms with Crippen molar-refractivity contribution in [3.05, 3.63) is 35.1 Å². The van der Waals surface area contributed by atoms with Gasteiger partial charge in [0.1, 0.15) is 5.82 Å². The Bertz CT molecular complexity index is 483. The van der Waals surface area contributed by atoms with E-state index in [9.17, 15) is 17.6 Å². The highest BCUT2D eigenvalue weighted by Gasteiger charge is 2.37. The lowest BCUT2D eigenvalue weighted by Crippen LogP contribution is -2.37. The summed E-state index contributed by atoms with van der Waals surface area (Å²) >= 11 is 0. The van der Waals surface area contributed by atoms with Crippen molar-refractivity contribution in [1.82, 2.24) is 4.90 Å². The minimum absolute atomic E-state index is 0.0218. The minimum Gasteiger partial charge on any atom is -0.324 e. The molecule has 21 heavy (non-hydrogen) atoms. The molecule has 2 N–H and O–H groups in total. The van der Waals surface area contributed by atoms with Gasteiger partial charge >= 0.3 is 6.18 Å². The summed E-state index contributed by atoms with van der Waals surface area (Å²) in [6.07, 6.45) is -2.19. The van der Waals surface area contributed by atoms with Crippen molar-refractivity contribution in [1.29, 1.82) is 0 Å². The van der Waals surface area contributed by atoms with Crippen LogP contribution < -0.4 is 5.73 Å². The van der Waals surface area contributed by atoms with Crippen molar-refractivity contribution < 1.29 is 17.6 Å². The lowest BCUT2D eigenvalue weighted by atomic mass is 10.0. The van der Waals surface area contributed by atoms with Gasteiger partial charge in [-0.1, -0.05) is 12.1 Å². The van der Waals surface area contributed by atoms with Gasteiger partial charge in [-0.05, 0) is 43.4 Å². The van der Waals surface area contributed by atoms with E-state index in [0.717, 1.165) is 12.8 Å². The molecule has 1 atom stereocenters. The van der Waals surface area contributed by atoms with E-state index in [1.54, 1.807) is 19.1 Å². The van der Waals surface area contributed by atoms with Gasteiger partial charge in [-0.25, -0.2) is 4.39 Å². The number of halogens is 4. The number of nitrogens with two attached hydrogens (primary N) is 1. The van der Waals surface area contributed by atoms with E-state index in [4.69, 9.17) is 5.73 Å². The third-order valence-electron chi connectivity index (χ3n) is 3.80. The normalized spacial score (nSPS) is 17.3. The average molecular weight is 304 g/mol. The molecule has 118 valence electrons. The van der Waals surface area contributed by atoms with Crippen LogP contribution in [0, 0.1) is 12.7 Å². The van der Waals surface area contributed by atoms with Gasteiger partial charge in [0.2, 0.25) is 0 Å². The Kier molecular flexibility index (Phi) is 4.88. The number of hydrogen-bond acceptors (Lipinski definition) is 2. The molecule has 1 unspecified atom stereocenters. The van der Waals surface area contributed by atoms with Crippen molar-refractivity contribution in [2.24, 2.45) is 5.73 Å². The van der Waals surface area contributed by atoms with Crippen molar-refractivity contribution in [3.63, 3.8) is 0 Å². The van der Waals surface area contributed by atoms with Gasteiger partial charge in [-0.3, -0.25) is 4.90 Å². The first-order chi connectivity index (χ1) is 9.76. The lowest BCUT2D eigenvalue weighted by Gasteiger charge is -2.25. The van der Waals surface area contributed by atoms with E-state index in [1.165, 1.54) is 11.0 Å². The quantitative estimate of drug-likeness (QED) is 0.814. The zero-order valence-corrected chi connectivity index (χ0v) is 12.0. The van der Waals surface area contributed by atoms with Crippen LogP contribution in [-0.2, 0) is 0 Å². The highest BCUT2D eigenvalue weighted by Crippen LogP contribution is 2.31. The standard InChI is InChI=1S/C15H20F4N2/c1-10-2-3-11(8-13(10)16)14(20)6-7-21(12-4-5-12)9-15(17,18)19/h2-3,8,12,14H,4-7,9,20H2,1H3. The first kappa shape index (κ1) is 16.2. The van der Waals surface area contributed by atoms with E-state index < -0.39 is 18.8 Å². The summed E-state index contributed by atoms with van der Waals surface area (Å²) in [6, 6.07) is 4.31. The zero-order chi connectivity index (χ0) is 15.6. The summed E-state index contributed by atoms with van der Waals surface area (Å²) in [4.78, 5) is 1.43. The van der Waals surface area contributed by atoms with Crippen LogP contribution in [-0.4, -0.2) is 30.2 Å². The van der Waals surface area contributed by atoms with Crippen LogP contribution >= 0.6 is 0 Å². The monoisotopic (exact) mass is 304 g/mol. The van der Waals surface area contributed by atoms with Gasteiger partial charge in [-0.2, -0.15) is 13.2 Å². The molecule has 1 aromatic rings. The molecule has 0 bridgehead atoms. The van der Waals surface area contributed by atoms with Crippen LogP contribution in [0.5, 0.6) is 0 Å². The maximum absolute atomic E-state index is 13.5. The maximum atomic E-state index is 13.5. The minimum atomic E-state index is -4.19. The summed E-state index contributed by atoms with van der Waals surface area (Å²) in [5.41, 5.74) is 7.13. The smallest absolute Gasteiger partial charge is 0.324 e. The number of hydrogen-bond donors (Lipinski definition) is 1. The number of rotatable bonds is 6. The van der Waals surface area contributed by atoms with Gasteiger partial charge in [0.05, 0.1) is 6.54 Å². The Morgan fingerprint density at radius 3 is 2.52 bits per heavy atom. The molecule has 1 aromatic carbocycles. The Morgan fingerprint density at radius 2 is 2.00 bits per heavy atom. The van der Waals surface area contributed by atoms with E-state index in [2.05, 4.69) is 0 Å². The zero-order valence-electron chi connectivity index (χ0n) is 12.0. The third kappa shape index (κ3) is 4.97. The van der Waals surface area contributed by atoms with Gasteiger partial charge in [0.25, 0.3) is 0 Å². The number of aryl methyl sites for hydroxylation is 1. The molecule has 2 nitrogen and oxygen atoms in total. The SMILES string of the molecule is Cc1ccc(C(N)CCN(CC(F)(F)F)C2CC2)cc1F. The molecule has 0 spiro atoms. The molecule has 1 aliphatic carbocycles. The molecule has 6 heteroatoms. The number of nitrogens with zero attached hydrogens (tertiary/aromatic N) is 1. The molecule has 0 radical (unpaired) electrons. The number of alkyl halides is 3. The van der Waals surface area contributed by atoms with Crippen molar-refractivity contribution in [2.45, 2.75) is 44.4 Å². The third-order valence-corrected chi connectivity index (χ3v) is 3.80. The average Bonchev–Trinajstić information content (AvgIpc) is 3.20. The summed E-state index contributed by atoms with van der Waals surface area (Å²) in [5, 5.41) is 0. The fourth-order valence-corrected chi connectivity index (χ4v) is 2.37. The second-order valence-electron chi connectivity index (χ2n) is 5.72. The van der Waals surface area contributed by atoms with Crippen LogP contribution in [0.3, 0.4) is 0 Å². The van der Waals surface area contributed by atoms with Crippen molar-refractivity contribution in [3.8, 4) is 0 Å². The van der Waals surface area contributed by atoms with Crippen molar-refractivity contribution >= 4 is 0 Å².